The molecule has 112 valence electrons. The van der Waals surface area contributed by atoms with E-state index in [9.17, 15) is 0 Å². The van der Waals surface area contributed by atoms with Crippen molar-refractivity contribution in [3.05, 3.63) is 23.9 Å². The topological polar surface area (TPSA) is 60.6 Å². The van der Waals surface area contributed by atoms with Crippen LogP contribution in [0, 0.1) is 0 Å². The zero-order valence-electron chi connectivity index (χ0n) is 12.3. The van der Waals surface area contributed by atoms with Crippen LogP contribution in [0.5, 0.6) is 5.88 Å². The lowest BCUT2D eigenvalue weighted by Gasteiger charge is -2.32. The molecule has 1 fully saturated rings. The van der Waals surface area contributed by atoms with Gasteiger partial charge in [0.25, 0.3) is 0 Å². The van der Waals surface area contributed by atoms with Crippen LogP contribution < -0.4 is 10.5 Å². The molecule has 2 rings (SSSR count). The highest BCUT2D eigenvalue weighted by Crippen LogP contribution is 2.20. The van der Waals surface area contributed by atoms with Gasteiger partial charge in [-0.1, -0.05) is 6.07 Å². The molecule has 0 aromatic carbocycles. The Morgan fingerprint density at radius 1 is 1.40 bits per heavy atom. The fourth-order valence-electron chi connectivity index (χ4n) is 2.54. The van der Waals surface area contributed by atoms with Gasteiger partial charge in [-0.05, 0) is 31.9 Å². The number of pyridine rings is 1. The number of rotatable bonds is 7. The van der Waals surface area contributed by atoms with Crippen LogP contribution in [-0.4, -0.2) is 49.3 Å². The van der Waals surface area contributed by atoms with Gasteiger partial charge in [-0.3, -0.25) is 4.90 Å². The van der Waals surface area contributed by atoms with E-state index in [1.54, 1.807) is 13.3 Å². The van der Waals surface area contributed by atoms with Crippen molar-refractivity contribution in [3.8, 4) is 5.88 Å². The van der Waals surface area contributed by atoms with Gasteiger partial charge in [0.2, 0.25) is 5.88 Å². The Bertz CT molecular complexity index is 392. The van der Waals surface area contributed by atoms with Crippen molar-refractivity contribution in [2.45, 2.75) is 31.9 Å². The Morgan fingerprint density at radius 2 is 2.20 bits per heavy atom. The normalized spacial score (nSPS) is 17.3. The first-order valence-corrected chi connectivity index (χ1v) is 7.35. The first-order chi connectivity index (χ1) is 9.83. The van der Waals surface area contributed by atoms with E-state index in [0.29, 0.717) is 12.6 Å². The van der Waals surface area contributed by atoms with Gasteiger partial charge in [0.15, 0.2) is 0 Å². The van der Waals surface area contributed by atoms with E-state index in [2.05, 4.69) is 16.0 Å². The molecule has 20 heavy (non-hydrogen) atoms. The van der Waals surface area contributed by atoms with Gasteiger partial charge < -0.3 is 15.2 Å². The van der Waals surface area contributed by atoms with E-state index < -0.39 is 0 Å². The van der Waals surface area contributed by atoms with Gasteiger partial charge in [-0.15, -0.1) is 0 Å². The Balaban J connectivity index is 1.76. The standard InChI is InChI=1S/C15H25N3O2/c1-19-15-13(4-2-8-17-15)12-18-9-5-14(6-10-18)20-11-3-7-16/h2,4,8,14H,3,5-7,9-12,16H2,1H3. The van der Waals surface area contributed by atoms with Gasteiger partial charge >= 0.3 is 0 Å². The summed E-state index contributed by atoms with van der Waals surface area (Å²) in [4.78, 5) is 6.67. The van der Waals surface area contributed by atoms with E-state index in [1.807, 2.05) is 6.07 Å². The summed E-state index contributed by atoms with van der Waals surface area (Å²) in [6.45, 7) is 4.51. The van der Waals surface area contributed by atoms with Crippen molar-refractivity contribution in [1.82, 2.24) is 9.88 Å². The maximum Gasteiger partial charge on any atom is 0.217 e. The molecule has 0 aliphatic carbocycles. The number of ether oxygens (including phenoxy) is 2. The molecule has 1 aromatic rings. The molecule has 1 aliphatic heterocycles. The Labute approximate surface area is 121 Å². The minimum absolute atomic E-state index is 0.397. The van der Waals surface area contributed by atoms with Crippen molar-refractivity contribution < 1.29 is 9.47 Å². The molecule has 5 nitrogen and oxygen atoms in total. The van der Waals surface area contributed by atoms with E-state index >= 15 is 0 Å². The van der Waals surface area contributed by atoms with E-state index in [1.165, 1.54) is 0 Å². The van der Waals surface area contributed by atoms with Crippen LogP contribution in [-0.2, 0) is 11.3 Å². The SMILES string of the molecule is COc1ncccc1CN1CCC(OCCCN)CC1. The molecular weight excluding hydrogens is 254 g/mol. The van der Waals surface area contributed by atoms with Gasteiger partial charge in [-0.2, -0.15) is 0 Å². The summed E-state index contributed by atoms with van der Waals surface area (Å²) in [6, 6.07) is 4.04. The van der Waals surface area contributed by atoms with E-state index in [0.717, 1.165) is 56.9 Å². The molecule has 0 amide bonds. The van der Waals surface area contributed by atoms with Crippen LogP contribution in [0.3, 0.4) is 0 Å². The summed E-state index contributed by atoms with van der Waals surface area (Å²) in [5.74, 6) is 0.730. The van der Waals surface area contributed by atoms with Crippen molar-refractivity contribution >= 4 is 0 Å². The fourth-order valence-corrected chi connectivity index (χ4v) is 2.54. The zero-order chi connectivity index (χ0) is 14.2. The summed E-state index contributed by atoms with van der Waals surface area (Å²) in [5, 5.41) is 0. The van der Waals surface area contributed by atoms with Gasteiger partial charge in [0.05, 0.1) is 13.2 Å². The molecule has 1 saturated heterocycles. The second-order valence-corrected chi connectivity index (χ2v) is 5.16. The van der Waals surface area contributed by atoms with Crippen LogP contribution in [0.2, 0.25) is 0 Å². The summed E-state index contributed by atoms with van der Waals surface area (Å²) < 4.78 is 11.1. The van der Waals surface area contributed by atoms with Crippen LogP contribution in [0.1, 0.15) is 24.8 Å². The third kappa shape index (κ3) is 4.44. The van der Waals surface area contributed by atoms with Crippen molar-refractivity contribution in [2.24, 2.45) is 5.73 Å². The first kappa shape index (κ1) is 15.2. The maximum absolute atomic E-state index is 5.82. The lowest BCUT2D eigenvalue weighted by atomic mass is 10.1. The van der Waals surface area contributed by atoms with E-state index in [-0.39, 0.29) is 0 Å². The van der Waals surface area contributed by atoms with Gasteiger partial charge in [0, 0.05) is 38.0 Å². The molecule has 5 heteroatoms. The number of methoxy groups -OCH3 is 1. The average molecular weight is 279 g/mol. The van der Waals surface area contributed by atoms with Crippen LogP contribution >= 0.6 is 0 Å². The third-order valence-electron chi connectivity index (χ3n) is 3.67. The maximum atomic E-state index is 5.82. The number of nitrogens with two attached hydrogens (primary N) is 1. The second kappa shape index (κ2) is 8.19. The number of nitrogens with zero attached hydrogens (tertiary/aromatic N) is 2. The molecule has 0 bridgehead atoms. The number of hydrogen-bond acceptors (Lipinski definition) is 5. The summed E-state index contributed by atoms with van der Waals surface area (Å²) in [6.07, 6.45) is 5.29. The van der Waals surface area contributed by atoms with Crippen molar-refractivity contribution in [2.75, 3.05) is 33.4 Å². The summed E-state index contributed by atoms with van der Waals surface area (Å²) >= 11 is 0. The Morgan fingerprint density at radius 3 is 2.90 bits per heavy atom. The number of hydrogen-bond donors (Lipinski definition) is 1. The summed E-state index contributed by atoms with van der Waals surface area (Å²) in [7, 11) is 1.67. The molecule has 0 saturated carbocycles. The molecular formula is C15H25N3O2. The smallest absolute Gasteiger partial charge is 0.217 e. The average Bonchev–Trinajstić information content (AvgIpc) is 2.50. The quantitative estimate of drug-likeness (QED) is 0.765. The van der Waals surface area contributed by atoms with Gasteiger partial charge in [-0.25, -0.2) is 4.98 Å². The molecule has 1 aromatic heterocycles. The highest BCUT2D eigenvalue weighted by atomic mass is 16.5. The molecule has 0 radical (unpaired) electrons. The molecule has 2 N–H and O–H groups in total. The molecule has 2 heterocycles. The first-order valence-electron chi connectivity index (χ1n) is 7.35. The predicted octanol–water partition coefficient (Wildman–Crippen LogP) is 1.42. The molecule has 0 unspecified atom stereocenters. The highest BCUT2D eigenvalue weighted by Gasteiger charge is 2.20. The third-order valence-corrected chi connectivity index (χ3v) is 3.67. The number of likely N-dealkylation sites (tertiary alicyclic amines) is 1. The minimum Gasteiger partial charge on any atom is -0.481 e. The van der Waals surface area contributed by atoms with Crippen molar-refractivity contribution in [3.63, 3.8) is 0 Å². The van der Waals surface area contributed by atoms with Crippen LogP contribution in [0.15, 0.2) is 18.3 Å². The number of piperidine rings is 1. The summed E-state index contributed by atoms with van der Waals surface area (Å²) in [5.41, 5.74) is 6.62. The van der Waals surface area contributed by atoms with Crippen LogP contribution in [0.25, 0.3) is 0 Å². The number of aromatic nitrogens is 1. The Hall–Kier alpha value is -1.17. The van der Waals surface area contributed by atoms with E-state index in [4.69, 9.17) is 15.2 Å². The molecule has 1 aliphatic rings. The second-order valence-electron chi connectivity index (χ2n) is 5.16. The molecule has 0 atom stereocenters. The van der Waals surface area contributed by atoms with Gasteiger partial charge in [0.1, 0.15) is 0 Å². The van der Waals surface area contributed by atoms with Crippen LogP contribution in [0.4, 0.5) is 0 Å². The molecule has 0 spiro atoms. The largest absolute Gasteiger partial charge is 0.481 e. The zero-order valence-corrected chi connectivity index (χ0v) is 12.3. The Kier molecular flexibility index (Phi) is 6.24. The lowest BCUT2D eigenvalue weighted by Crippen LogP contribution is -2.36. The van der Waals surface area contributed by atoms with Crippen molar-refractivity contribution in [1.29, 1.82) is 0 Å². The fraction of sp³-hybridized carbons (Fsp3) is 0.667. The monoisotopic (exact) mass is 279 g/mol. The highest BCUT2D eigenvalue weighted by molar-refractivity contribution is 5.25. The lowest BCUT2D eigenvalue weighted by molar-refractivity contribution is 0.00550. The predicted molar refractivity (Wildman–Crippen MR) is 78.7 cm³/mol. The minimum atomic E-state index is 0.397.